The van der Waals surface area contributed by atoms with Gasteiger partial charge in [-0.1, -0.05) is 20.3 Å². The molecule has 2 N–H and O–H groups in total. The van der Waals surface area contributed by atoms with E-state index in [0.717, 1.165) is 48.1 Å². The maximum Gasteiger partial charge on any atom is 0.256 e. The molecule has 0 aromatic carbocycles. The normalized spacial score (nSPS) is 33.8. The Morgan fingerprint density at radius 2 is 2.00 bits per heavy atom. The molecule has 0 bridgehead atoms. The van der Waals surface area contributed by atoms with Gasteiger partial charge in [0.25, 0.3) is 5.91 Å². The summed E-state index contributed by atoms with van der Waals surface area (Å²) in [5, 5.41) is 8.23. The molecular formula is C18H26N2OS. The first-order chi connectivity index (χ1) is 10.6. The Bertz CT molecular complexity index is 598. The second-order valence-electron chi connectivity index (χ2n) is 7.57. The largest absolute Gasteiger partial charge is 0.354 e. The highest BCUT2D eigenvalue weighted by atomic mass is 32.1. The minimum atomic E-state index is -0.172. The molecule has 4 rings (SSSR count). The van der Waals surface area contributed by atoms with Gasteiger partial charge < -0.3 is 10.6 Å². The summed E-state index contributed by atoms with van der Waals surface area (Å²) in [7, 11) is 0. The number of nitrogens with one attached hydrogen (secondary N) is 2. The van der Waals surface area contributed by atoms with Crippen LogP contribution >= 0.6 is 11.3 Å². The first-order valence-corrected chi connectivity index (χ1v) is 9.67. The maximum absolute atomic E-state index is 12.8. The summed E-state index contributed by atoms with van der Waals surface area (Å²) in [6.07, 6.45) is 9.27. The summed E-state index contributed by atoms with van der Waals surface area (Å²) >= 11 is 1.85. The van der Waals surface area contributed by atoms with Crippen molar-refractivity contribution in [2.24, 2.45) is 11.8 Å². The van der Waals surface area contributed by atoms with Gasteiger partial charge in [-0.05, 0) is 62.3 Å². The lowest BCUT2D eigenvalue weighted by atomic mass is 9.79. The summed E-state index contributed by atoms with van der Waals surface area (Å²) in [5.41, 5.74) is 2.13. The number of thiophene rings is 1. The highest BCUT2D eigenvalue weighted by Crippen LogP contribution is 2.45. The number of carbonyl (C=O) groups excluding carboxylic acids is 1. The van der Waals surface area contributed by atoms with Crippen LogP contribution in [0.15, 0.2) is 0 Å². The van der Waals surface area contributed by atoms with Gasteiger partial charge in [0.05, 0.1) is 5.56 Å². The van der Waals surface area contributed by atoms with Gasteiger partial charge in [0.2, 0.25) is 0 Å². The van der Waals surface area contributed by atoms with Crippen molar-refractivity contribution in [3.63, 3.8) is 0 Å². The molecule has 0 radical (unpaired) electrons. The number of amides is 1. The summed E-state index contributed by atoms with van der Waals surface area (Å²) < 4.78 is 0. The van der Waals surface area contributed by atoms with Gasteiger partial charge in [-0.2, -0.15) is 0 Å². The van der Waals surface area contributed by atoms with Crippen LogP contribution in [0.4, 0.5) is 5.00 Å². The van der Waals surface area contributed by atoms with Crippen LogP contribution in [0.3, 0.4) is 0 Å². The van der Waals surface area contributed by atoms with Crippen molar-refractivity contribution in [3.05, 3.63) is 16.0 Å². The zero-order valence-corrected chi connectivity index (χ0v) is 14.4. The van der Waals surface area contributed by atoms with Gasteiger partial charge in [-0.3, -0.25) is 4.79 Å². The Labute approximate surface area is 136 Å². The van der Waals surface area contributed by atoms with Crippen LogP contribution in [-0.2, 0) is 12.8 Å². The molecule has 120 valence electrons. The highest BCUT2D eigenvalue weighted by Gasteiger charge is 2.42. The summed E-state index contributed by atoms with van der Waals surface area (Å²) in [5.74, 6) is 1.77. The monoisotopic (exact) mass is 318 g/mol. The molecule has 3 aliphatic rings. The molecule has 1 aliphatic heterocycles. The molecule has 1 amide bonds. The van der Waals surface area contributed by atoms with E-state index in [0.29, 0.717) is 0 Å². The van der Waals surface area contributed by atoms with Crippen LogP contribution in [0, 0.1) is 11.8 Å². The molecule has 1 aromatic heterocycles. The Hall–Kier alpha value is -1.03. The van der Waals surface area contributed by atoms with Crippen LogP contribution in [0.1, 0.15) is 73.2 Å². The Morgan fingerprint density at radius 1 is 1.23 bits per heavy atom. The second kappa shape index (κ2) is 5.26. The summed E-state index contributed by atoms with van der Waals surface area (Å²) in [6, 6.07) is 0. The van der Waals surface area contributed by atoms with Crippen molar-refractivity contribution in [2.75, 3.05) is 5.32 Å². The number of carbonyl (C=O) groups is 1. The van der Waals surface area contributed by atoms with Crippen molar-refractivity contribution >= 4 is 22.2 Å². The predicted octanol–water partition coefficient (Wildman–Crippen LogP) is 4.32. The van der Waals surface area contributed by atoms with Crippen molar-refractivity contribution in [1.29, 1.82) is 0 Å². The molecule has 0 saturated heterocycles. The Kier molecular flexibility index (Phi) is 3.48. The molecule has 1 saturated carbocycles. The van der Waals surface area contributed by atoms with E-state index in [1.54, 1.807) is 0 Å². The SMILES string of the molecule is CCC1CCC2(CC1)NC(=O)c1c(sc3c1CCC(C)C3)N2. The molecule has 2 aliphatic carbocycles. The van der Waals surface area contributed by atoms with Gasteiger partial charge in [0, 0.05) is 4.88 Å². The topological polar surface area (TPSA) is 41.1 Å². The van der Waals surface area contributed by atoms with E-state index in [-0.39, 0.29) is 11.6 Å². The number of hydrogen-bond donors (Lipinski definition) is 2. The van der Waals surface area contributed by atoms with E-state index >= 15 is 0 Å². The van der Waals surface area contributed by atoms with Crippen molar-refractivity contribution in [2.45, 2.75) is 70.9 Å². The van der Waals surface area contributed by atoms with E-state index in [1.807, 2.05) is 11.3 Å². The van der Waals surface area contributed by atoms with E-state index in [1.165, 1.54) is 36.1 Å². The Morgan fingerprint density at radius 3 is 2.73 bits per heavy atom. The molecule has 1 spiro atoms. The number of hydrogen-bond acceptors (Lipinski definition) is 3. The van der Waals surface area contributed by atoms with Crippen LogP contribution in [0.5, 0.6) is 0 Å². The lowest BCUT2D eigenvalue weighted by Crippen LogP contribution is -2.58. The average molecular weight is 318 g/mol. The molecule has 1 fully saturated rings. The summed E-state index contributed by atoms with van der Waals surface area (Å²) in [4.78, 5) is 14.2. The van der Waals surface area contributed by atoms with E-state index in [9.17, 15) is 4.79 Å². The van der Waals surface area contributed by atoms with Crippen LogP contribution in [-0.4, -0.2) is 11.6 Å². The fourth-order valence-electron chi connectivity index (χ4n) is 4.44. The van der Waals surface area contributed by atoms with Gasteiger partial charge in [0.15, 0.2) is 0 Å². The van der Waals surface area contributed by atoms with Crippen molar-refractivity contribution in [3.8, 4) is 0 Å². The molecule has 2 heterocycles. The first kappa shape index (κ1) is 14.6. The third-order valence-electron chi connectivity index (χ3n) is 5.98. The molecule has 1 unspecified atom stereocenters. The minimum Gasteiger partial charge on any atom is -0.354 e. The molecule has 1 aromatic rings. The lowest BCUT2D eigenvalue weighted by Gasteiger charge is -2.44. The van der Waals surface area contributed by atoms with Gasteiger partial charge >= 0.3 is 0 Å². The number of fused-ring (bicyclic) bond motifs is 3. The molecular weight excluding hydrogens is 292 g/mol. The third-order valence-corrected chi connectivity index (χ3v) is 7.15. The number of anilines is 1. The third kappa shape index (κ3) is 2.27. The first-order valence-electron chi connectivity index (χ1n) is 8.85. The molecule has 22 heavy (non-hydrogen) atoms. The molecule has 3 nitrogen and oxygen atoms in total. The maximum atomic E-state index is 12.8. The Balaban J connectivity index is 1.63. The van der Waals surface area contributed by atoms with Gasteiger partial charge in [-0.15, -0.1) is 11.3 Å². The van der Waals surface area contributed by atoms with E-state index < -0.39 is 0 Å². The molecule has 1 atom stereocenters. The van der Waals surface area contributed by atoms with E-state index in [2.05, 4.69) is 24.5 Å². The average Bonchev–Trinajstić information content (AvgIpc) is 2.85. The number of rotatable bonds is 1. The highest BCUT2D eigenvalue weighted by molar-refractivity contribution is 7.16. The fourth-order valence-corrected chi connectivity index (χ4v) is 5.94. The van der Waals surface area contributed by atoms with Gasteiger partial charge in [0.1, 0.15) is 10.7 Å². The lowest BCUT2D eigenvalue weighted by molar-refractivity contribution is 0.0859. The van der Waals surface area contributed by atoms with Crippen molar-refractivity contribution in [1.82, 2.24) is 5.32 Å². The second-order valence-corrected chi connectivity index (χ2v) is 8.67. The van der Waals surface area contributed by atoms with Crippen molar-refractivity contribution < 1.29 is 4.79 Å². The smallest absolute Gasteiger partial charge is 0.256 e. The van der Waals surface area contributed by atoms with Crippen LogP contribution < -0.4 is 10.6 Å². The van der Waals surface area contributed by atoms with Crippen LogP contribution in [0.2, 0.25) is 0 Å². The molecule has 4 heteroatoms. The standard InChI is InChI=1S/C18H26N2OS/c1-3-12-6-8-18(9-7-12)19-16(21)15-13-5-4-11(2)10-14(13)22-17(15)20-18/h11-12,20H,3-10H2,1-2H3,(H,19,21). The fraction of sp³-hybridized carbons (Fsp3) is 0.722. The summed E-state index contributed by atoms with van der Waals surface area (Å²) in [6.45, 7) is 4.60. The quantitative estimate of drug-likeness (QED) is 0.809. The van der Waals surface area contributed by atoms with Gasteiger partial charge in [-0.25, -0.2) is 0 Å². The minimum absolute atomic E-state index is 0.172. The zero-order valence-electron chi connectivity index (χ0n) is 13.6. The van der Waals surface area contributed by atoms with E-state index in [4.69, 9.17) is 0 Å². The van der Waals surface area contributed by atoms with Crippen LogP contribution in [0.25, 0.3) is 0 Å². The predicted molar refractivity (Wildman–Crippen MR) is 91.6 cm³/mol. The zero-order chi connectivity index (χ0) is 15.3.